The van der Waals surface area contributed by atoms with E-state index in [4.69, 9.17) is 18.9 Å². The molecular weight excluding hydrogens is 514 g/mol. The zero-order valence-corrected chi connectivity index (χ0v) is 23.8. The van der Waals surface area contributed by atoms with Crippen molar-refractivity contribution in [3.8, 4) is 5.75 Å². The Morgan fingerprint density at radius 3 is 2.72 bits per heavy atom. The summed E-state index contributed by atoms with van der Waals surface area (Å²) in [5, 5.41) is 0. The third-order valence-corrected chi connectivity index (χ3v) is 8.27. The van der Waals surface area contributed by atoms with Gasteiger partial charge in [-0.2, -0.15) is 0 Å². The number of thiazole rings is 1. The number of nitrogens with zero attached hydrogens (tertiary/aromatic N) is 3. The van der Waals surface area contributed by atoms with Crippen LogP contribution in [0.5, 0.6) is 5.75 Å². The Morgan fingerprint density at radius 2 is 2.00 bits per heavy atom. The van der Waals surface area contributed by atoms with Crippen LogP contribution >= 0.6 is 11.3 Å². The van der Waals surface area contributed by atoms with Crippen LogP contribution in [0, 0.1) is 5.92 Å². The van der Waals surface area contributed by atoms with E-state index in [1.165, 1.54) is 11.3 Å². The minimum Gasteiger partial charge on any atom is -0.497 e. The van der Waals surface area contributed by atoms with Crippen molar-refractivity contribution in [2.24, 2.45) is 10.9 Å². The third-order valence-electron chi connectivity index (χ3n) is 7.28. The van der Waals surface area contributed by atoms with Crippen molar-refractivity contribution in [1.82, 2.24) is 4.57 Å². The van der Waals surface area contributed by atoms with E-state index >= 15 is 0 Å². The minimum atomic E-state index is -0.679. The highest BCUT2D eigenvalue weighted by atomic mass is 32.1. The van der Waals surface area contributed by atoms with E-state index in [-0.39, 0.29) is 12.2 Å². The summed E-state index contributed by atoms with van der Waals surface area (Å²) in [6.07, 6.45) is 5.45. The highest BCUT2D eigenvalue weighted by Gasteiger charge is 2.34. The molecule has 1 atom stereocenters. The van der Waals surface area contributed by atoms with Gasteiger partial charge in [0.15, 0.2) is 10.7 Å². The molecule has 2 aliphatic rings. The van der Waals surface area contributed by atoms with Crippen LogP contribution in [-0.4, -0.2) is 37.3 Å². The molecule has 9 heteroatoms. The van der Waals surface area contributed by atoms with E-state index in [1.54, 1.807) is 24.7 Å². The molecule has 0 radical (unpaired) electrons. The number of anilines is 1. The van der Waals surface area contributed by atoms with Gasteiger partial charge in [-0.1, -0.05) is 43.7 Å². The zero-order chi connectivity index (χ0) is 27.5. The summed E-state index contributed by atoms with van der Waals surface area (Å²) in [6, 6.07) is 10.6. The van der Waals surface area contributed by atoms with Crippen molar-refractivity contribution in [3.63, 3.8) is 0 Å². The number of hydrogen-bond donors (Lipinski definition) is 0. The summed E-state index contributed by atoms with van der Waals surface area (Å²) < 4.78 is 19.2. The van der Waals surface area contributed by atoms with Crippen molar-refractivity contribution >= 4 is 29.3 Å². The SMILES string of the molecule is CCCC1=C(C(=O)OCC)[C@@H](c2cccc(OC)c2)n2c(s/c(=C/c3ccc(N4CCC(C)CC4)o3)c2=O)=N1. The molecule has 8 nitrogen and oxygen atoms in total. The van der Waals surface area contributed by atoms with Gasteiger partial charge in [-0.15, -0.1) is 0 Å². The van der Waals surface area contributed by atoms with Crippen LogP contribution in [0.25, 0.3) is 6.08 Å². The summed E-state index contributed by atoms with van der Waals surface area (Å²) in [6.45, 7) is 8.26. The van der Waals surface area contributed by atoms with Crippen molar-refractivity contribution in [3.05, 3.63) is 78.7 Å². The number of benzene rings is 1. The average Bonchev–Trinajstić information content (AvgIpc) is 3.53. The van der Waals surface area contributed by atoms with Gasteiger partial charge in [0.2, 0.25) is 0 Å². The van der Waals surface area contributed by atoms with Crippen molar-refractivity contribution in [2.75, 3.05) is 31.7 Å². The van der Waals surface area contributed by atoms with Crippen LogP contribution in [0.2, 0.25) is 0 Å². The minimum absolute atomic E-state index is 0.228. The molecular formula is C30H35N3O5S. The van der Waals surface area contributed by atoms with Gasteiger partial charge >= 0.3 is 5.97 Å². The molecule has 39 heavy (non-hydrogen) atoms. The lowest BCUT2D eigenvalue weighted by Crippen LogP contribution is -2.40. The third kappa shape index (κ3) is 5.45. The second kappa shape index (κ2) is 11.7. The van der Waals surface area contributed by atoms with Crippen LogP contribution in [0.1, 0.15) is 63.8 Å². The molecule has 0 unspecified atom stereocenters. The molecule has 0 saturated carbocycles. The molecule has 0 amide bonds. The molecule has 1 fully saturated rings. The Kier molecular flexibility index (Phi) is 8.07. The normalized spacial score (nSPS) is 18.2. The molecule has 206 valence electrons. The second-order valence-corrected chi connectivity index (χ2v) is 11.0. The predicted octanol–water partition coefficient (Wildman–Crippen LogP) is 4.42. The summed E-state index contributed by atoms with van der Waals surface area (Å²) >= 11 is 1.30. The van der Waals surface area contributed by atoms with E-state index in [9.17, 15) is 9.59 Å². The molecule has 0 aliphatic carbocycles. The van der Waals surface area contributed by atoms with E-state index in [1.807, 2.05) is 43.3 Å². The molecule has 4 heterocycles. The Hall–Kier alpha value is -3.59. The first-order valence-corrected chi connectivity index (χ1v) is 14.5. The first-order chi connectivity index (χ1) is 18.9. The average molecular weight is 550 g/mol. The van der Waals surface area contributed by atoms with Gasteiger partial charge in [0.1, 0.15) is 11.5 Å². The zero-order valence-electron chi connectivity index (χ0n) is 22.9. The fourth-order valence-corrected chi connectivity index (χ4v) is 6.20. The van der Waals surface area contributed by atoms with Crippen LogP contribution in [0.4, 0.5) is 5.88 Å². The molecule has 0 bridgehead atoms. The Morgan fingerprint density at radius 1 is 1.21 bits per heavy atom. The van der Waals surface area contributed by atoms with Gasteiger partial charge in [-0.05, 0) is 55.9 Å². The maximum Gasteiger partial charge on any atom is 0.338 e. The molecule has 1 aromatic carbocycles. The molecule has 2 aromatic heterocycles. The first kappa shape index (κ1) is 27.0. The second-order valence-electron chi connectivity index (χ2n) is 10.0. The van der Waals surface area contributed by atoms with Gasteiger partial charge < -0.3 is 18.8 Å². The highest BCUT2D eigenvalue weighted by Crippen LogP contribution is 2.34. The van der Waals surface area contributed by atoms with Crippen molar-refractivity contribution in [1.29, 1.82) is 0 Å². The van der Waals surface area contributed by atoms with E-state index in [0.29, 0.717) is 38.5 Å². The van der Waals surface area contributed by atoms with Crippen LogP contribution in [0.15, 0.2) is 61.9 Å². The Balaban J connectivity index is 1.63. The number of ether oxygens (including phenoxy) is 2. The number of carbonyl (C=O) groups excluding carboxylic acids is 1. The number of carbonyl (C=O) groups is 1. The maximum atomic E-state index is 13.9. The van der Waals surface area contributed by atoms with Crippen molar-refractivity contribution < 1.29 is 18.7 Å². The fraction of sp³-hybridized carbons (Fsp3) is 0.433. The number of allylic oxidation sites excluding steroid dienone is 1. The molecule has 0 N–H and O–H groups in total. The van der Waals surface area contributed by atoms with Gasteiger partial charge in [-0.3, -0.25) is 9.36 Å². The lowest BCUT2D eigenvalue weighted by atomic mass is 9.94. The molecule has 1 saturated heterocycles. The first-order valence-electron chi connectivity index (χ1n) is 13.6. The quantitative estimate of drug-likeness (QED) is 0.387. The number of aromatic nitrogens is 1. The van der Waals surface area contributed by atoms with Crippen LogP contribution in [0.3, 0.4) is 0 Å². The van der Waals surface area contributed by atoms with Crippen LogP contribution < -0.4 is 24.5 Å². The predicted molar refractivity (Wildman–Crippen MR) is 152 cm³/mol. The molecule has 5 rings (SSSR count). The molecule has 3 aromatic rings. The monoisotopic (exact) mass is 549 g/mol. The van der Waals surface area contributed by atoms with Gasteiger partial charge in [-0.25, -0.2) is 9.79 Å². The van der Waals surface area contributed by atoms with E-state index < -0.39 is 12.0 Å². The smallest absolute Gasteiger partial charge is 0.338 e. The van der Waals surface area contributed by atoms with Gasteiger partial charge in [0.05, 0.1) is 35.6 Å². The lowest BCUT2D eigenvalue weighted by molar-refractivity contribution is -0.139. The lowest BCUT2D eigenvalue weighted by Gasteiger charge is -2.29. The summed E-state index contributed by atoms with van der Waals surface area (Å²) in [4.78, 5) is 34.8. The maximum absolute atomic E-state index is 13.9. The highest BCUT2D eigenvalue weighted by molar-refractivity contribution is 7.07. The standard InChI is InChI=1S/C30H35N3O5S/c1-5-8-23-26(29(35)37-6-2)27(20-9-7-10-21(17-20)36-4)33-28(34)24(39-30(33)31-23)18-22-11-12-25(38-22)32-15-13-19(3)14-16-32/h7,9-12,17-19,27H,5-6,8,13-16H2,1-4H3/b24-18+/t27-/m1/s1. The van der Waals surface area contributed by atoms with Crippen molar-refractivity contribution in [2.45, 2.75) is 52.5 Å². The number of fused-ring (bicyclic) bond motifs is 1. The number of rotatable bonds is 8. The van der Waals surface area contributed by atoms with Crippen LogP contribution in [-0.2, 0) is 9.53 Å². The number of methoxy groups -OCH3 is 1. The summed E-state index contributed by atoms with van der Waals surface area (Å²) in [5.74, 6) is 2.35. The summed E-state index contributed by atoms with van der Waals surface area (Å²) in [7, 11) is 1.59. The number of furan rings is 1. The number of piperidine rings is 1. The fourth-order valence-electron chi connectivity index (χ4n) is 5.20. The van der Waals surface area contributed by atoms with Gasteiger partial charge in [0.25, 0.3) is 5.56 Å². The largest absolute Gasteiger partial charge is 0.497 e. The molecule has 0 spiro atoms. The Bertz CT molecular complexity index is 1560. The van der Waals surface area contributed by atoms with E-state index in [2.05, 4.69) is 11.8 Å². The number of esters is 1. The number of hydrogen-bond acceptors (Lipinski definition) is 8. The van der Waals surface area contributed by atoms with Gasteiger partial charge in [0, 0.05) is 25.2 Å². The molecule has 2 aliphatic heterocycles. The van der Waals surface area contributed by atoms with E-state index in [0.717, 1.165) is 49.7 Å². The topological polar surface area (TPSA) is 86.3 Å². The summed E-state index contributed by atoms with van der Waals surface area (Å²) in [5.41, 5.74) is 1.57. The Labute approximate surface area is 231 Å².